The summed E-state index contributed by atoms with van der Waals surface area (Å²) in [5.41, 5.74) is 6.44. The Labute approximate surface area is 157 Å². The van der Waals surface area contributed by atoms with Crippen molar-refractivity contribution in [3.63, 3.8) is 0 Å². The molecule has 1 aromatic heterocycles. The molecule has 8 nitrogen and oxygen atoms in total. The van der Waals surface area contributed by atoms with E-state index < -0.39 is 5.97 Å². The smallest absolute Gasteiger partial charge is 0.354 e. The number of hydroxylamine groups is 2. The number of anilines is 1. The molecule has 1 saturated carbocycles. The SMILES string of the molecule is Nc1cc(C(=O)O)n(CC(=O)N(OCc2ccccc2)C2CCCCC2)n1. The number of amides is 1. The largest absolute Gasteiger partial charge is 0.477 e. The summed E-state index contributed by atoms with van der Waals surface area (Å²) in [4.78, 5) is 30.1. The van der Waals surface area contributed by atoms with Crippen molar-refractivity contribution < 1.29 is 19.5 Å². The number of carboxylic acids is 1. The summed E-state index contributed by atoms with van der Waals surface area (Å²) in [5.74, 6) is -1.44. The molecule has 1 amide bonds. The monoisotopic (exact) mass is 372 g/mol. The molecule has 1 aromatic carbocycles. The van der Waals surface area contributed by atoms with Crippen molar-refractivity contribution in [2.75, 3.05) is 5.73 Å². The molecule has 27 heavy (non-hydrogen) atoms. The molecule has 0 atom stereocenters. The van der Waals surface area contributed by atoms with Crippen LogP contribution in [0.2, 0.25) is 0 Å². The first-order valence-corrected chi connectivity index (χ1v) is 9.10. The zero-order valence-electron chi connectivity index (χ0n) is 15.1. The van der Waals surface area contributed by atoms with Crippen molar-refractivity contribution in [3.8, 4) is 0 Å². The topological polar surface area (TPSA) is 111 Å². The third-order valence-corrected chi connectivity index (χ3v) is 4.67. The average Bonchev–Trinajstić information content (AvgIpc) is 3.04. The Morgan fingerprint density at radius 2 is 1.93 bits per heavy atom. The summed E-state index contributed by atoms with van der Waals surface area (Å²) in [6.45, 7) is 0.0419. The molecule has 0 bridgehead atoms. The van der Waals surface area contributed by atoms with E-state index in [1.807, 2.05) is 30.3 Å². The normalized spacial score (nSPS) is 14.8. The summed E-state index contributed by atoms with van der Waals surface area (Å²) >= 11 is 0. The zero-order valence-corrected chi connectivity index (χ0v) is 15.1. The predicted molar refractivity (Wildman–Crippen MR) is 98.5 cm³/mol. The Hall–Kier alpha value is -2.87. The lowest BCUT2D eigenvalue weighted by Gasteiger charge is -2.33. The van der Waals surface area contributed by atoms with Gasteiger partial charge in [-0.3, -0.25) is 9.63 Å². The molecule has 3 rings (SSSR count). The molecular formula is C19H24N4O4. The van der Waals surface area contributed by atoms with E-state index in [1.165, 1.54) is 11.1 Å². The minimum atomic E-state index is -1.18. The summed E-state index contributed by atoms with van der Waals surface area (Å²) in [7, 11) is 0. The van der Waals surface area contributed by atoms with Crippen LogP contribution in [-0.2, 0) is 22.8 Å². The lowest BCUT2D eigenvalue weighted by molar-refractivity contribution is -0.210. The fraction of sp³-hybridized carbons (Fsp3) is 0.421. The summed E-state index contributed by atoms with van der Waals surface area (Å²) in [5, 5.41) is 14.6. The van der Waals surface area contributed by atoms with Crippen molar-refractivity contribution in [3.05, 3.63) is 47.7 Å². The number of nitrogen functional groups attached to an aromatic ring is 1. The van der Waals surface area contributed by atoms with Gasteiger partial charge in [0.1, 0.15) is 24.7 Å². The number of benzene rings is 1. The van der Waals surface area contributed by atoms with Crippen molar-refractivity contribution in [1.29, 1.82) is 0 Å². The van der Waals surface area contributed by atoms with E-state index in [-0.39, 0.29) is 36.6 Å². The van der Waals surface area contributed by atoms with Crippen molar-refractivity contribution in [1.82, 2.24) is 14.8 Å². The van der Waals surface area contributed by atoms with Crippen LogP contribution in [0.5, 0.6) is 0 Å². The first-order valence-electron chi connectivity index (χ1n) is 9.10. The Bertz CT molecular complexity index is 784. The Kier molecular flexibility index (Phi) is 6.08. The van der Waals surface area contributed by atoms with E-state index in [9.17, 15) is 14.7 Å². The number of carboxylic acid groups (broad SMARTS) is 1. The second-order valence-electron chi connectivity index (χ2n) is 6.69. The van der Waals surface area contributed by atoms with Crippen LogP contribution < -0.4 is 5.73 Å². The number of rotatable bonds is 7. The Morgan fingerprint density at radius 3 is 2.59 bits per heavy atom. The molecular weight excluding hydrogens is 348 g/mol. The van der Waals surface area contributed by atoms with Gasteiger partial charge >= 0.3 is 5.97 Å². The van der Waals surface area contributed by atoms with Gasteiger partial charge < -0.3 is 10.8 Å². The van der Waals surface area contributed by atoms with Crippen LogP contribution in [0, 0.1) is 0 Å². The van der Waals surface area contributed by atoms with E-state index in [1.54, 1.807) is 0 Å². The van der Waals surface area contributed by atoms with Crippen LogP contribution in [0.25, 0.3) is 0 Å². The molecule has 1 aliphatic carbocycles. The molecule has 144 valence electrons. The average molecular weight is 372 g/mol. The summed E-state index contributed by atoms with van der Waals surface area (Å²) in [6, 6.07) is 10.8. The zero-order chi connectivity index (χ0) is 19.2. The molecule has 0 saturated heterocycles. The maximum atomic E-state index is 12.9. The van der Waals surface area contributed by atoms with E-state index >= 15 is 0 Å². The second kappa shape index (κ2) is 8.68. The lowest BCUT2D eigenvalue weighted by Crippen LogP contribution is -2.43. The number of hydrogen-bond acceptors (Lipinski definition) is 5. The first kappa shape index (κ1) is 18.9. The van der Waals surface area contributed by atoms with Crippen LogP contribution in [0.1, 0.15) is 48.2 Å². The van der Waals surface area contributed by atoms with E-state index in [2.05, 4.69) is 5.10 Å². The highest BCUT2D eigenvalue weighted by molar-refractivity contribution is 5.87. The van der Waals surface area contributed by atoms with E-state index in [0.717, 1.165) is 42.3 Å². The molecule has 1 fully saturated rings. The standard InChI is InChI=1S/C19H24N4O4/c20-17-11-16(19(25)26)22(21-17)12-18(24)23(15-9-5-2-6-10-15)27-13-14-7-3-1-4-8-14/h1,3-4,7-8,11,15H,2,5-6,9-10,12-13H2,(H2,20,21)(H,25,26). The Balaban J connectivity index is 1.74. The fourth-order valence-electron chi connectivity index (χ4n) is 3.34. The van der Waals surface area contributed by atoms with Gasteiger partial charge in [0.2, 0.25) is 0 Å². The number of carbonyl (C=O) groups excluding carboxylic acids is 1. The minimum absolute atomic E-state index is 0.0175. The van der Waals surface area contributed by atoms with Gasteiger partial charge in [-0.2, -0.15) is 5.10 Å². The molecule has 0 unspecified atom stereocenters. The molecule has 1 aliphatic rings. The third kappa shape index (κ3) is 4.85. The van der Waals surface area contributed by atoms with Gasteiger partial charge in [0.25, 0.3) is 5.91 Å². The minimum Gasteiger partial charge on any atom is -0.477 e. The van der Waals surface area contributed by atoms with E-state index in [0.29, 0.717) is 0 Å². The number of carbonyl (C=O) groups is 2. The van der Waals surface area contributed by atoms with Gasteiger partial charge in [-0.1, -0.05) is 49.6 Å². The molecule has 0 spiro atoms. The highest BCUT2D eigenvalue weighted by Gasteiger charge is 2.28. The summed E-state index contributed by atoms with van der Waals surface area (Å²) < 4.78 is 1.11. The maximum Gasteiger partial charge on any atom is 0.354 e. The van der Waals surface area contributed by atoms with Crippen LogP contribution in [0.15, 0.2) is 36.4 Å². The van der Waals surface area contributed by atoms with Crippen LogP contribution in [-0.4, -0.2) is 37.9 Å². The number of aromatic carboxylic acids is 1. The third-order valence-electron chi connectivity index (χ3n) is 4.67. The van der Waals surface area contributed by atoms with E-state index in [4.69, 9.17) is 10.6 Å². The van der Waals surface area contributed by atoms with Crippen molar-refractivity contribution >= 4 is 17.7 Å². The Morgan fingerprint density at radius 1 is 1.22 bits per heavy atom. The van der Waals surface area contributed by atoms with Gasteiger partial charge in [0.15, 0.2) is 0 Å². The van der Waals surface area contributed by atoms with Crippen molar-refractivity contribution in [2.45, 2.75) is 51.3 Å². The number of nitrogens with zero attached hydrogens (tertiary/aromatic N) is 3. The van der Waals surface area contributed by atoms with Gasteiger partial charge in [0, 0.05) is 6.07 Å². The molecule has 1 heterocycles. The maximum absolute atomic E-state index is 12.9. The number of nitrogens with two attached hydrogens (primary N) is 1. The van der Waals surface area contributed by atoms with Gasteiger partial charge in [0.05, 0.1) is 6.04 Å². The lowest BCUT2D eigenvalue weighted by atomic mass is 9.95. The highest BCUT2D eigenvalue weighted by Crippen LogP contribution is 2.24. The number of hydrogen-bond donors (Lipinski definition) is 2. The highest BCUT2D eigenvalue weighted by atomic mass is 16.7. The molecule has 3 N–H and O–H groups in total. The van der Waals surface area contributed by atoms with Crippen molar-refractivity contribution in [2.24, 2.45) is 0 Å². The molecule has 2 aromatic rings. The first-order chi connectivity index (χ1) is 13.0. The van der Waals surface area contributed by atoms with Gasteiger partial charge in [-0.15, -0.1) is 0 Å². The van der Waals surface area contributed by atoms with Gasteiger partial charge in [-0.25, -0.2) is 14.5 Å². The van der Waals surface area contributed by atoms with Crippen LogP contribution >= 0.6 is 0 Å². The molecule has 0 aliphatic heterocycles. The molecule has 8 heteroatoms. The molecule has 0 radical (unpaired) electrons. The summed E-state index contributed by atoms with van der Waals surface area (Å²) in [6.07, 6.45) is 4.97. The second-order valence-corrected chi connectivity index (χ2v) is 6.69. The quantitative estimate of drug-likeness (QED) is 0.722. The van der Waals surface area contributed by atoms with Crippen LogP contribution in [0.3, 0.4) is 0 Å². The van der Waals surface area contributed by atoms with Crippen LogP contribution in [0.4, 0.5) is 5.82 Å². The van der Waals surface area contributed by atoms with Gasteiger partial charge in [-0.05, 0) is 18.4 Å². The predicted octanol–water partition coefficient (Wildman–Crippen LogP) is 2.46. The fourth-order valence-corrected chi connectivity index (χ4v) is 3.34. The number of aromatic nitrogens is 2.